The highest BCUT2D eigenvalue weighted by Crippen LogP contribution is 2.50. The molecule has 4 saturated heterocycles. The quantitative estimate of drug-likeness (QED) is 0.255. The highest BCUT2D eigenvalue weighted by molar-refractivity contribution is 6.23. The van der Waals surface area contributed by atoms with Gasteiger partial charge < -0.3 is 20.0 Å². The van der Waals surface area contributed by atoms with E-state index >= 15 is 0 Å². The summed E-state index contributed by atoms with van der Waals surface area (Å²) in [5.74, 6) is -1.50. The molecule has 18 heteroatoms. The molecule has 0 radical (unpaired) electrons. The van der Waals surface area contributed by atoms with Gasteiger partial charge >= 0.3 is 24.4 Å². The number of amides is 6. The maximum Gasteiger partial charge on any atom is 0.407 e. The summed E-state index contributed by atoms with van der Waals surface area (Å²) in [5, 5.41) is 19.9. The third kappa shape index (κ3) is 4.80. The van der Waals surface area contributed by atoms with Crippen molar-refractivity contribution >= 4 is 46.6 Å². The Hall–Kier alpha value is -5.20. The molecule has 6 fully saturated rings. The van der Waals surface area contributed by atoms with Crippen LogP contribution in [0.4, 0.5) is 58.7 Å². The number of nitrogens with zero attached hydrogens (tertiary/aromatic N) is 6. The lowest BCUT2D eigenvalue weighted by atomic mass is 9.98. The summed E-state index contributed by atoms with van der Waals surface area (Å²) < 4.78 is 78.8. The largest absolute Gasteiger partial charge is 0.407 e. The number of anilines is 2. The predicted octanol–water partition coefficient (Wildman–Crippen LogP) is 5.09. The van der Waals surface area contributed by atoms with Crippen molar-refractivity contribution in [3.05, 3.63) is 70.4 Å². The van der Waals surface area contributed by atoms with Crippen LogP contribution in [0.25, 0.3) is 9.69 Å². The van der Waals surface area contributed by atoms with Gasteiger partial charge in [0.1, 0.15) is 12.1 Å². The summed E-state index contributed by atoms with van der Waals surface area (Å²) >= 11 is 0. The summed E-state index contributed by atoms with van der Waals surface area (Å²) in [7, 11) is 0. The van der Waals surface area contributed by atoms with E-state index < -0.39 is 95.1 Å². The highest BCUT2D eigenvalue weighted by Gasteiger charge is 2.63. The molecular weight excluding hydrogens is 678 g/mol. The van der Waals surface area contributed by atoms with Gasteiger partial charge in [-0.2, -0.15) is 26.3 Å². The molecule has 12 nitrogen and oxygen atoms in total. The molecule has 260 valence electrons. The van der Waals surface area contributed by atoms with E-state index in [1.165, 1.54) is 21.9 Å². The van der Waals surface area contributed by atoms with Crippen LogP contribution in [0.15, 0.2) is 36.4 Å². The SMILES string of the molecule is [C-]#[N+]c1ccc(N2C(=O)[C@H]3C4CC([C@@H](O)C4)N3C2=O)cc1C(F)(F)F.[C-]#[N+]c1ccc(N2C(=O)[C@H]3C4CC([C@H](O)C4)N3C2=O)cc1C(F)(F)F. The van der Waals surface area contributed by atoms with Crippen molar-refractivity contribution in [2.24, 2.45) is 11.8 Å². The number of imide groups is 2. The molecule has 6 aliphatic rings. The molecule has 2 aliphatic carbocycles. The highest BCUT2D eigenvalue weighted by atomic mass is 19.4. The van der Waals surface area contributed by atoms with E-state index in [0.717, 1.165) is 21.9 Å². The number of carbonyl (C=O) groups is 4. The van der Waals surface area contributed by atoms with Gasteiger partial charge in [-0.1, -0.05) is 12.1 Å². The second-order valence-corrected chi connectivity index (χ2v) is 13.0. The van der Waals surface area contributed by atoms with Crippen LogP contribution in [-0.4, -0.2) is 80.3 Å². The number of fused-ring (bicyclic) bond motifs is 10. The van der Waals surface area contributed by atoms with Crippen molar-refractivity contribution in [1.29, 1.82) is 0 Å². The van der Waals surface area contributed by atoms with Gasteiger partial charge in [-0.3, -0.25) is 9.59 Å². The third-order valence-corrected chi connectivity index (χ3v) is 10.4. The Labute approximate surface area is 278 Å². The number of carbonyl (C=O) groups excluding carboxylic acids is 4. The Bertz CT molecular complexity index is 1800. The molecule has 4 bridgehead atoms. The van der Waals surface area contributed by atoms with Crippen molar-refractivity contribution < 1.29 is 55.7 Å². The number of urea groups is 2. The van der Waals surface area contributed by atoms with Crippen LogP contribution in [0.2, 0.25) is 0 Å². The maximum absolute atomic E-state index is 13.1. The molecular formula is C32H24F6N6O6. The smallest absolute Gasteiger partial charge is 0.391 e. The number of hydrogen-bond acceptors (Lipinski definition) is 6. The Balaban J connectivity index is 0.000000157. The fourth-order valence-corrected chi connectivity index (χ4v) is 8.34. The van der Waals surface area contributed by atoms with Gasteiger partial charge in [0, 0.05) is 0 Å². The van der Waals surface area contributed by atoms with E-state index in [0.29, 0.717) is 37.8 Å². The lowest BCUT2D eigenvalue weighted by molar-refractivity contribution is -0.137. The zero-order valence-electron chi connectivity index (χ0n) is 25.4. The average molecular weight is 703 g/mol. The zero-order valence-corrected chi connectivity index (χ0v) is 25.4. The van der Waals surface area contributed by atoms with Gasteiger partial charge in [0.15, 0.2) is 11.4 Å². The first-order valence-corrected chi connectivity index (χ1v) is 15.3. The summed E-state index contributed by atoms with van der Waals surface area (Å²) in [6, 6.07) is 1.73. The van der Waals surface area contributed by atoms with Gasteiger partial charge in [0.25, 0.3) is 11.8 Å². The Morgan fingerprint density at radius 2 is 0.980 bits per heavy atom. The molecule has 6 amide bonds. The summed E-state index contributed by atoms with van der Waals surface area (Å²) in [4.78, 5) is 60.3. The summed E-state index contributed by atoms with van der Waals surface area (Å²) in [6.45, 7) is 13.7. The topological polar surface area (TPSA) is 130 Å². The number of hydrogen-bond donors (Lipinski definition) is 2. The average Bonchev–Trinajstić information content (AvgIpc) is 3.88. The zero-order chi connectivity index (χ0) is 36.2. The van der Waals surface area contributed by atoms with E-state index in [1.807, 2.05) is 0 Å². The van der Waals surface area contributed by atoms with Crippen LogP contribution < -0.4 is 9.80 Å². The van der Waals surface area contributed by atoms with Gasteiger partial charge in [-0.25, -0.2) is 29.1 Å². The minimum Gasteiger partial charge on any atom is -0.391 e. The molecule has 2 saturated carbocycles. The first kappa shape index (κ1) is 33.3. The molecule has 2 N–H and O–H groups in total. The molecule has 2 aromatic rings. The van der Waals surface area contributed by atoms with Crippen LogP contribution in [0, 0.1) is 25.0 Å². The van der Waals surface area contributed by atoms with Crippen LogP contribution in [0.3, 0.4) is 0 Å². The van der Waals surface area contributed by atoms with Gasteiger partial charge in [0.05, 0.1) is 59.9 Å². The van der Waals surface area contributed by atoms with E-state index in [-0.39, 0.29) is 23.2 Å². The molecule has 0 spiro atoms. The molecule has 2 aromatic carbocycles. The predicted molar refractivity (Wildman–Crippen MR) is 157 cm³/mol. The normalized spacial score (nSPS) is 30.8. The maximum atomic E-state index is 13.1. The van der Waals surface area contributed by atoms with Crippen LogP contribution in [0.5, 0.6) is 0 Å². The second kappa shape index (κ2) is 11.2. The van der Waals surface area contributed by atoms with Crippen molar-refractivity contribution in [2.75, 3.05) is 9.80 Å². The Kier molecular flexibility index (Phi) is 7.43. The Morgan fingerprint density at radius 3 is 1.30 bits per heavy atom. The third-order valence-electron chi connectivity index (χ3n) is 10.4. The molecule has 4 aliphatic heterocycles. The van der Waals surface area contributed by atoms with Crippen LogP contribution >= 0.6 is 0 Å². The molecule has 8 atom stereocenters. The van der Waals surface area contributed by atoms with Crippen LogP contribution in [0.1, 0.15) is 36.8 Å². The summed E-state index contributed by atoms with van der Waals surface area (Å²) in [5.41, 5.74) is -3.97. The standard InChI is InChI=1S/2C16H12F3N3O3/c2*1-20-10-3-2-8(6-9(10)16(17,18)19)21-14(24)13-7-4-11(12(23)5-7)22(13)15(21)25/h2*2-3,6-7,11-13,23H,4-5H2/t7?,11?,12-,13+;7?,11?,12-,13-/m01/s1. The number of benzene rings is 2. The van der Waals surface area contributed by atoms with Gasteiger partial charge in [0.2, 0.25) is 0 Å². The monoisotopic (exact) mass is 702 g/mol. The lowest BCUT2D eigenvalue weighted by Crippen LogP contribution is -2.47. The van der Waals surface area contributed by atoms with E-state index in [1.54, 1.807) is 0 Å². The number of halogens is 6. The number of aliphatic hydroxyl groups is 2. The first-order chi connectivity index (χ1) is 23.5. The Morgan fingerprint density at radius 1 is 0.620 bits per heavy atom. The number of rotatable bonds is 2. The molecule has 8 rings (SSSR count). The fourth-order valence-electron chi connectivity index (χ4n) is 8.34. The first-order valence-electron chi connectivity index (χ1n) is 15.3. The van der Waals surface area contributed by atoms with E-state index in [2.05, 4.69) is 9.69 Å². The van der Waals surface area contributed by atoms with Crippen LogP contribution in [-0.2, 0) is 21.9 Å². The van der Waals surface area contributed by atoms with Gasteiger partial charge in [-0.05, 0) is 61.8 Å². The van der Waals surface area contributed by atoms with Gasteiger partial charge in [-0.15, -0.1) is 0 Å². The van der Waals surface area contributed by atoms with Crippen molar-refractivity contribution in [1.82, 2.24) is 9.80 Å². The molecule has 4 unspecified atom stereocenters. The van der Waals surface area contributed by atoms with E-state index in [4.69, 9.17) is 13.1 Å². The molecule has 0 aromatic heterocycles. The number of piperidine rings is 2. The van der Waals surface area contributed by atoms with Crippen molar-refractivity contribution in [3.63, 3.8) is 0 Å². The number of aliphatic hydroxyl groups excluding tert-OH is 2. The lowest BCUT2D eigenvalue weighted by Gasteiger charge is -2.29. The van der Waals surface area contributed by atoms with Crippen molar-refractivity contribution in [3.8, 4) is 0 Å². The summed E-state index contributed by atoms with van der Waals surface area (Å²) in [6.07, 6.45) is -9.10. The molecule has 4 heterocycles. The minimum atomic E-state index is -4.77. The minimum absolute atomic E-state index is 0.175. The fraction of sp³-hybridized carbons (Fsp3) is 0.438. The van der Waals surface area contributed by atoms with E-state index in [9.17, 15) is 55.7 Å². The molecule has 50 heavy (non-hydrogen) atoms. The second-order valence-electron chi connectivity index (χ2n) is 13.0. The van der Waals surface area contributed by atoms with Crippen molar-refractivity contribution in [2.45, 2.75) is 74.4 Å². The number of alkyl halides is 6.